The van der Waals surface area contributed by atoms with Gasteiger partial charge < -0.3 is 11.1 Å². The zero-order valence-corrected chi connectivity index (χ0v) is 9.65. The summed E-state index contributed by atoms with van der Waals surface area (Å²) in [5, 5.41) is 2.82. The van der Waals surface area contributed by atoms with Gasteiger partial charge in [0.1, 0.15) is 0 Å². The molecule has 0 aliphatic heterocycles. The minimum absolute atomic E-state index is 0.00850. The van der Waals surface area contributed by atoms with E-state index in [4.69, 9.17) is 12.2 Å². The molecule has 1 aliphatic carbocycles. The van der Waals surface area contributed by atoms with Crippen LogP contribution in [0.15, 0.2) is 24.3 Å². The van der Waals surface area contributed by atoms with Gasteiger partial charge in [0.15, 0.2) is 0 Å². The third kappa shape index (κ3) is 3.33. The summed E-state index contributed by atoms with van der Waals surface area (Å²) < 4.78 is 0. The van der Waals surface area contributed by atoms with Gasteiger partial charge in [0.05, 0.1) is 0 Å². The van der Waals surface area contributed by atoms with Crippen molar-refractivity contribution in [3.8, 4) is 12.3 Å². The predicted molar refractivity (Wildman–Crippen MR) is 68.3 cm³/mol. The summed E-state index contributed by atoms with van der Waals surface area (Å²) in [4.78, 5) is 11.7. The number of hydrogen-bond acceptors (Lipinski definition) is 2. The van der Waals surface area contributed by atoms with Crippen LogP contribution >= 0.6 is 0 Å². The number of amides is 1. The summed E-state index contributed by atoms with van der Waals surface area (Å²) in [6.07, 6.45) is 7.98. The van der Waals surface area contributed by atoms with Crippen molar-refractivity contribution in [2.75, 3.05) is 5.32 Å². The average molecular weight is 228 g/mol. The molecule has 1 atom stereocenters. The molecule has 17 heavy (non-hydrogen) atoms. The molecule has 1 amide bonds. The van der Waals surface area contributed by atoms with Crippen molar-refractivity contribution >= 4 is 11.6 Å². The number of hydrogen-bond donors (Lipinski definition) is 2. The molecule has 3 N–H and O–H groups in total. The molecule has 0 aromatic heterocycles. The molecule has 1 fully saturated rings. The van der Waals surface area contributed by atoms with Crippen molar-refractivity contribution in [3.63, 3.8) is 0 Å². The molecule has 0 radical (unpaired) electrons. The number of nitrogens with one attached hydrogen (secondary N) is 1. The molecule has 3 heteroatoms. The largest absolute Gasteiger partial charge is 0.327 e. The predicted octanol–water partition coefficient (Wildman–Crippen LogP) is 1.73. The van der Waals surface area contributed by atoms with E-state index in [9.17, 15) is 4.79 Å². The fourth-order valence-electron chi connectivity index (χ4n) is 1.80. The number of rotatable bonds is 4. The van der Waals surface area contributed by atoms with Crippen molar-refractivity contribution in [3.05, 3.63) is 29.8 Å². The Bertz CT molecular complexity index is 458. The molecular formula is C14H16N2O. The molecule has 2 rings (SSSR count). The topological polar surface area (TPSA) is 55.1 Å². The zero-order valence-electron chi connectivity index (χ0n) is 9.65. The number of terminal acetylenes is 1. The standard InChI is InChI=1S/C14H16N2O/c1-2-10-4-3-5-12(8-10)16-14(17)9-13(15)11-6-7-11/h1,3-5,8,11,13H,6-7,9,15H2,(H,16,17). The Morgan fingerprint density at radius 2 is 2.35 bits per heavy atom. The number of anilines is 1. The van der Waals surface area contributed by atoms with Crippen molar-refractivity contribution in [2.45, 2.75) is 25.3 Å². The Kier molecular flexibility index (Phi) is 3.46. The van der Waals surface area contributed by atoms with E-state index in [0.29, 0.717) is 12.3 Å². The number of carbonyl (C=O) groups is 1. The van der Waals surface area contributed by atoms with Gasteiger partial charge in [-0.05, 0) is 37.0 Å². The second kappa shape index (κ2) is 5.03. The second-order valence-electron chi connectivity index (χ2n) is 4.48. The van der Waals surface area contributed by atoms with E-state index in [1.807, 2.05) is 18.2 Å². The van der Waals surface area contributed by atoms with Gasteiger partial charge in [-0.2, -0.15) is 0 Å². The monoisotopic (exact) mass is 228 g/mol. The van der Waals surface area contributed by atoms with E-state index in [-0.39, 0.29) is 11.9 Å². The molecule has 1 aromatic carbocycles. The van der Waals surface area contributed by atoms with Gasteiger partial charge in [0.25, 0.3) is 0 Å². The summed E-state index contributed by atoms with van der Waals surface area (Å²) in [6, 6.07) is 7.24. The van der Waals surface area contributed by atoms with Crippen molar-refractivity contribution in [1.29, 1.82) is 0 Å². The average Bonchev–Trinajstić information content (AvgIpc) is 3.12. The quantitative estimate of drug-likeness (QED) is 0.771. The molecule has 1 unspecified atom stereocenters. The van der Waals surface area contributed by atoms with Crippen LogP contribution in [0.3, 0.4) is 0 Å². The SMILES string of the molecule is C#Cc1cccc(NC(=O)CC(N)C2CC2)c1. The van der Waals surface area contributed by atoms with Gasteiger partial charge in [-0.25, -0.2) is 0 Å². The molecule has 1 aromatic rings. The number of benzene rings is 1. The van der Waals surface area contributed by atoms with Gasteiger partial charge in [0.2, 0.25) is 5.91 Å². The second-order valence-corrected chi connectivity index (χ2v) is 4.48. The van der Waals surface area contributed by atoms with E-state index < -0.39 is 0 Å². The van der Waals surface area contributed by atoms with Gasteiger partial charge in [-0.1, -0.05) is 12.0 Å². The normalized spacial score (nSPS) is 16.0. The van der Waals surface area contributed by atoms with Crippen LogP contribution in [0.5, 0.6) is 0 Å². The van der Waals surface area contributed by atoms with Crippen LogP contribution in [0.1, 0.15) is 24.8 Å². The molecule has 0 bridgehead atoms. The van der Waals surface area contributed by atoms with Crippen LogP contribution in [0, 0.1) is 18.3 Å². The summed E-state index contributed by atoms with van der Waals surface area (Å²) in [5.41, 5.74) is 7.39. The van der Waals surface area contributed by atoms with Crippen LogP contribution in [-0.2, 0) is 4.79 Å². The third-order valence-electron chi connectivity index (χ3n) is 2.96. The fourth-order valence-corrected chi connectivity index (χ4v) is 1.80. The van der Waals surface area contributed by atoms with E-state index >= 15 is 0 Å². The van der Waals surface area contributed by atoms with Crippen LogP contribution < -0.4 is 11.1 Å². The number of nitrogens with two attached hydrogens (primary N) is 1. The maximum absolute atomic E-state index is 11.7. The molecule has 1 aliphatic rings. The summed E-state index contributed by atoms with van der Waals surface area (Å²) in [6.45, 7) is 0. The highest BCUT2D eigenvalue weighted by Gasteiger charge is 2.29. The highest BCUT2D eigenvalue weighted by molar-refractivity contribution is 5.91. The van der Waals surface area contributed by atoms with Crippen molar-refractivity contribution in [1.82, 2.24) is 0 Å². The Hall–Kier alpha value is -1.79. The fraction of sp³-hybridized carbons (Fsp3) is 0.357. The highest BCUT2D eigenvalue weighted by atomic mass is 16.1. The molecule has 88 valence electrons. The maximum Gasteiger partial charge on any atom is 0.225 e. The van der Waals surface area contributed by atoms with E-state index in [1.54, 1.807) is 6.07 Å². The Balaban J connectivity index is 1.90. The first kappa shape index (κ1) is 11.7. The van der Waals surface area contributed by atoms with Gasteiger partial charge in [0, 0.05) is 23.7 Å². The van der Waals surface area contributed by atoms with E-state index in [0.717, 1.165) is 24.1 Å². The molecule has 0 spiro atoms. The first-order chi connectivity index (χ1) is 8.19. The minimum Gasteiger partial charge on any atom is -0.327 e. The molecule has 0 heterocycles. The summed E-state index contributed by atoms with van der Waals surface area (Å²) in [7, 11) is 0. The van der Waals surface area contributed by atoms with Gasteiger partial charge >= 0.3 is 0 Å². The smallest absolute Gasteiger partial charge is 0.225 e. The summed E-state index contributed by atoms with van der Waals surface area (Å²) in [5.74, 6) is 3.03. The third-order valence-corrected chi connectivity index (χ3v) is 2.96. The lowest BCUT2D eigenvalue weighted by atomic mass is 10.1. The lowest BCUT2D eigenvalue weighted by molar-refractivity contribution is -0.116. The molecular weight excluding hydrogens is 212 g/mol. The zero-order chi connectivity index (χ0) is 12.3. The molecule has 1 saturated carbocycles. The van der Waals surface area contributed by atoms with Crippen LogP contribution in [0.4, 0.5) is 5.69 Å². The van der Waals surface area contributed by atoms with E-state index in [1.165, 1.54) is 0 Å². The first-order valence-corrected chi connectivity index (χ1v) is 5.81. The number of carbonyl (C=O) groups excluding carboxylic acids is 1. The van der Waals surface area contributed by atoms with Gasteiger partial charge in [-0.15, -0.1) is 6.42 Å². The lowest BCUT2D eigenvalue weighted by Gasteiger charge is -2.10. The lowest BCUT2D eigenvalue weighted by Crippen LogP contribution is -2.28. The van der Waals surface area contributed by atoms with Crippen LogP contribution in [-0.4, -0.2) is 11.9 Å². The minimum atomic E-state index is -0.0430. The first-order valence-electron chi connectivity index (χ1n) is 5.81. The summed E-state index contributed by atoms with van der Waals surface area (Å²) >= 11 is 0. The van der Waals surface area contributed by atoms with Crippen LogP contribution in [0.2, 0.25) is 0 Å². The molecule has 3 nitrogen and oxygen atoms in total. The van der Waals surface area contributed by atoms with Crippen molar-refractivity contribution in [2.24, 2.45) is 11.7 Å². The Labute approximate surface area is 101 Å². The van der Waals surface area contributed by atoms with Crippen LogP contribution in [0.25, 0.3) is 0 Å². The maximum atomic E-state index is 11.7. The Morgan fingerprint density at radius 3 is 3.00 bits per heavy atom. The van der Waals surface area contributed by atoms with Gasteiger partial charge in [-0.3, -0.25) is 4.79 Å². The van der Waals surface area contributed by atoms with E-state index in [2.05, 4.69) is 11.2 Å². The van der Waals surface area contributed by atoms with Crippen molar-refractivity contribution < 1.29 is 4.79 Å². The molecule has 0 saturated heterocycles. The highest BCUT2D eigenvalue weighted by Crippen LogP contribution is 2.32. The Morgan fingerprint density at radius 1 is 1.59 bits per heavy atom.